The van der Waals surface area contributed by atoms with Gasteiger partial charge in [0.2, 0.25) is 5.91 Å². The van der Waals surface area contributed by atoms with Crippen molar-refractivity contribution in [1.82, 2.24) is 10.6 Å². The zero-order chi connectivity index (χ0) is 11.5. The van der Waals surface area contributed by atoms with E-state index in [0.717, 1.165) is 0 Å². The van der Waals surface area contributed by atoms with E-state index in [1.54, 1.807) is 20.8 Å². The monoisotopic (exact) mass is 214 g/mol. The third kappa shape index (κ3) is 4.29. The minimum Gasteiger partial charge on any atom is -0.460 e. The molecule has 1 amide bonds. The Morgan fingerprint density at radius 2 is 2.13 bits per heavy atom. The van der Waals surface area contributed by atoms with E-state index in [4.69, 9.17) is 4.74 Å². The van der Waals surface area contributed by atoms with Crippen molar-refractivity contribution in [2.24, 2.45) is 0 Å². The number of amides is 1. The van der Waals surface area contributed by atoms with E-state index >= 15 is 0 Å². The summed E-state index contributed by atoms with van der Waals surface area (Å²) >= 11 is 0. The van der Waals surface area contributed by atoms with E-state index in [-0.39, 0.29) is 18.3 Å². The van der Waals surface area contributed by atoms with Crippen LogP contribution in [0, 0.1) is 0 Å². The zero-order valence-corrected chi connectivity index (χ0v) is 9.42. The molecule has 0 aromatic heterocycles. The molecular formula is C10H18N2O3. The van der Waals surface area contributed by atoms with Crippen molar-refractivity contribution in [3.63, 3.8) is 0 Å². The molecule has 1 saturated heterocycles. The second kappa shape index (κ2) is 4.61. The lowest BCUT2D eigenvalue weighted by Gasteiger charge is -2.25. The standard InChI is InChI=1S/C10H18N2O3/c1-10(2,3)15-8(13)6-7-9(14)12-5-4-11-7/h7,11H,4-6H2,1-3H3,(H,12,14)/t7-/m1/s1. The van der Waals surface area contributed by atoms with Crippen LogP contribution in [-0.4, -0.2) is 36.6 Å². The van der Waals surface area contributed by atoms with Crippen LogP contribution in [0.1, 0.15) is 27.2 Å². The normalized spacial score (nSPS) is 22.1. The van der Waals surface area contributed by atoms with Gasteiger partial charge in [-0.15, -0.1) is 0 Å². The summed E-state index contributed by atoms with van der Waals surface area (Å²) in [6.45, 7) is 6.72. The summed E-state index contributed by atoms with van der Waals surface area (Å²) in [6, 6.07) is -0.450. The van der Waals surface area contributed by atoms with Gasteiger partial charge in [0.1, 0.15) is 5.60 Å². The first-order valence-electron chi connectivity index (χ1n) is 5.11. The van der Waals surface area contributed by atoms with Crippen molar-refractivity contribution >= 4 is 11.9 Å². The van der Waals surface area contributed by atoms with Crippen LogP contribution < -0.4 is 10.6 Å². The summed E-state index contributed by atoms with van der Waals surface area (Å²) in [5.41, 5.74) is -0.498. The van der Waals surface area contributed by atoms with Gasteiger partial charge in [0, 0.05) is 13.1 Å². The molecule has 0 aromatic rings. The van der Waals surface area contributed by atoms with Crippen LogP contribution in [0.2, 0.25) is 0 Å². The van der Waals surface area contributed by atoms with Crippen LogP contribution in [0.5, 0.6) is 0 Å². The van der Waals surface area contributed by atoms with Crippen LogP contribution in [0.25, 0.3) is 0 Å². The van der Waals surface area contributed by atoms with Crippen LogP contribution in [0.4, 0.5) is 0 Å². The largest absolute Gasteiger partial charge is 0.460 e. The van der Waals surface area contributed by atoms with Gasteiger partial charge in [-0.2, -0.15) is 0 Å². The third-order valence-corrected chi connectivity index (χ3v) is 1.92. The number of hydrogen-bond donors (Lipinski definition) is 2. The first-order valence-corrected chi connectivity index (χ1v) is 5.11. The quantitative estimate of drug-likeness (QED) is 0.625. The van der Waals surface area contributed by atoms with Crippen molar-refractivity contribution < 1.29 is 14.3 Å². The van der Waals surface area contributed by atoms with E-state index in [1.165, 1.54) is 0 Å². The van der Waals surface area contributed by atoms with Gasteiger partial charge in [0.25, 0.3) is 0 Å². The second-order valence-electron chi connectivity index (χ2n) is 4.59. The Morgan fingerprint density at radius 1 is 1.47 bits per heavy atom. The molecule has 1 atom stereocenters. The molecule has 0 bridgehead atoms. The summed E-state index contributed by atoms with van der Waals surface area (Å²) in [4.78, 5) is 22.7. The van der Waals surface area contributed by atoms with Gasteiger partial charge < -0.3 is 15.4 Å². The molecule has 0 spiro atoms. The van der Waals surface area contributed by atoms with Gasteiger partial charge in [-0.25, -0.2) is 0 Å². The van der Waals surface area contributed by atoms with E-state index in [1.807, 2.05) is 0 Å². The zero-order valence-electron chi connectivity index (χ0n) is 9.42. The summed E-state index contributed by atoms with van der Waals surface area (Å²) in [5, 5.41) is 5.66. The van der Waals surface area contributed by atoms with Crippen molar-refractivity contribution in [3.05, 3.63) is 0 Å². The minimum atomic E-state index is -0.498. The smallest absolute Gasteiger partial charge is 0.308 e. The SMILES string of the molecule is CC(C)(C)OC(=O)C[C@H]1NCCNC1=O. The maximum atomic E-state index is 11.4. The molecule has 5 nitrogen and oxygen atoms in total. The molecule has 86 valence electrons. The average molecular weight is 214 g/mol. The lowest BCUT2D eigenvalue weighted by Crippen LogP contribution is -2.53. The molecule has 1 aliphatic heterocycles. The molecular weight excluding hydrogens is 196 g/mol. The molecule has 0 unspecified atom stereocenters. The highest BCUT2D eigenvalue weighted by Crippen LogP contribution is 2.09. The Kier molecular flexibility index (Phi) is 3.68. The molecule has 0 saturated carbocycles. The molecule has 15 heavy (non-hydrogen) atoms. The molecule has 1 rings (SSSR count). The van der Waals surface area contributed by atoms with Crippen LogP contribution >= 0.6 is 0 Å². The summed E-state index contributed by atoms with van der Waals surface area (Å²) in [5.74, 6) is -0.482. The van der Waals surface area contributed by atoms with Crippen molar-refractivity contribution in [2.75, 3.05) is 13.1 Å². The maximum Gasteiger partial charge on any atom is 0.308 e. The fourth-order valence-corrected chi connectivity index (χ4v) is 1.36. The predicted molar refractivity (Wildman–Crippen MR) is 55.3 cm³/mol. The molecule has 0 radical (unpaired) electrons. The highest BCUT2D eigenvalue weighted by Gasteiger charge is 2.26. The Balaban J connectivity index is 2.40. The lowest BCUT2D eigenvalue weighted by molar-refractivity contribution is -0.156. The fourth-order valence-electron chi connectivity index (χ4n) is 1.36. The maximum absolute atomic E-state index is 11.4. The highest BCUT2D eigenvalue weighted by molar-refractivity contribution is 5.87. The van der Waals surface area contributed by atoms with Crippen LogP contribution in [0.15, 0.2) is 0 Å². The van der Waals surface area contributed by atoms with Gasteiger partial charge in [0.15, 0.2) is 0 Å². The Bertz CT molecular complexity index is 258. The van der Waals surface area contributed by atoms with Gasteiger partial charge in [-0.05, 0) is 20.8 Å². The van der Waals surface area contributed by atoms with E-state index < -0.39 is 11.6 Å². The van der Waals surface area contributed by atoms with Crippen LogP contribution in [0.3, 0.4) is 0 Å². The third-order valence-electron chi connectivity index (χ3n) is 1.92. The number of rotatable bonds is 2. The van der Waals surface area contributed by atoms with E-state index in [2.05, 4.69) is 10.6 Å². The van der Waals surface area contributed by atoms with Crippen LogP contribution in [-0.2, 0) is 14.3 Å². The predicted octanol–water partition coefficient (Wildman–Crippen LogP) is -0.194. The Hall–Kier alpha value is -1.10. The number of carbonyl (C=O) groups is 2. The number of carbonyl (C=O) groups excluding carboxylic acids is 2. The minimum absolute atomic E-state index is 0.0864. The number of piperazine rings is 1. The Labute approximate surface area is 89.6 Å². The number of hydrogen-bond acceptors (Lipinski definition) is 4. The number of ether oxygens (including phenoxy) is 1. The summed E-state index contributed by atoms with van der Waals surface area (Å²) in [7, 11) is 0. The molecule has 1 fully saturated rings. The second-order valence-corrected chi connectivity index (χ2v) is 4.59. The van der Waals surface area contributed by atoms with Gasteiger partial charge in [-0.1, -0.05) is 0 Å². The van der Waals surface area contributed by atoms with Gasteiger partial charge in [0.05, 0.1) is 12.5 Å². The summed E-state index contributed by atoms with van der Waals surface area (Å²) < 4.78 is 5.13. The van der Waals surface area contributed by atoms with E-state index in [0.29, 0.717) is 13.1 Å². The van der Waals surface area contributed by atoms with E-state index in [9.17, 15) is 9.59 Å². The molecule has 2 N–H and O–H groups in total. The highest BCUT2D eigenvalue weighted by atomic mass is 16.6. The summed E-state index contributed by atoms with van der Waals surface area (Å²) in [6.07, 6.45) is 0.0864. The van der Waals surface area contributed by atoms with Gasteiger partial charge in [-0.3, -0.25) is 9.59 Å². The van der Waals surface area contributed by atoms with Crippen molar-refractivity contribution in [2.45, 2.75) is 38.8 Å². The van der Waals surface area contributed by atoms with Crippen molar-refractivity contribution in [1.29, 1.82) is 0 Å². The molecule has 0 aromatic carbocycles. The molecule has 1 heterocycles. The number of nitrogens with one attached hydrogen (secondary N) is 2. The van der Waals surface area contributed by atoms with Crippen molar-refractivity contribution in [3.8, 4) is 0 Å². The first kappa shape index (κ1) is 12.0. The topological polar surface area (TPSA) is 67.4 Å². The number of esters is 1. The average Bonchev–Trinajstić information content (AvgIpc) is 2.05. The van der Waals surface area contributed by atoms with Gasteiger partial charge >= 0.3 is 5.97 Å². The first-order chi connectivity index (χ1) is 6.88. The Morgan fingerprint density at radius 3 is 2.67 bits per heavy atom. The molecule has 5 heteroatoms. The fraction of sp³-hybridized carbons (Fsp3) is 0.800. The lowest BCUT2D eigenvalue weighted by atomic mass is 10.1. The molecule has 0 aliphatic carbocycles. The molecule has 1 aliphatic rings.